The quantitative estimate of drug-likeness (QED) is 0.616. The number of carbonyl (C=O) groups is 1. The zero-order valence-electron chi connectivity index (χ0n) is 10.8. The first-order valence-corrected chi connectivity index (χ1v) is 5.85. The van der Waals surface area contributed by atoms with E-state index in [1.165, 1.54) is 0 Å². The van der Waals surface area contributed by atoms with Crippen LogP contribution in [-0.4, -0.2) is 37.7 Å². The Bertz CT molecular complexity index is 396. The average Bonchev–Trinajstić information content (AvgIpc) is 2.34. The standard InChI is InChI=1S/C12H20N4O2/c1-9-7-11(16-8-10(9)13)14-4-3-12(17)15-5-6-18-2/h7-8H,3-6,13H2,1-2H3,(H,14,16)(H,15,17). The number of rotatable bonds is 7. The summed E-state index contributed by atoms with van der Waals surface area (Å²) in [5.74, 6) is 0.720. The van der Waals surface area contributed by atoms with Gasteiger partial charge in [0.1, 0.15) is 5.82 Å². The van der Waals surface area contributed by atoms with Crippen LogP contribution in [0.4, 0.5) is 11.5 Å². The fraction of sp³-hybridized carbons (Fsp3) is 0.500. The minimum Gasteiger partial charge on any atom is -0.397 e. The Morgan fingerprint density at radius 2 is 2.28 bits per heavy atom. The van der Waals surface area contributed by atoms with E-state index in [2.05, 4.69) is 15.6 Å². The molecule has 0 saturated heterocycles. The third kappa shape index (κ3) is 5.01. The second-order valence-electron chi connectivity index (χ2n) is 3.95. The fourth-order valence-corrected chi connectivity index (χ4v) is 1.35. The van der Waals surface area contributed by atoms with Crippen molar-refractivity contribution >= 4 is 17.4 Å². The summed E-state index contributed by atoms with van der Waals surface area (Å²) in [5, 5.41) is 5.82. The maximum atomic E-state index is 11.4. The molecule has 0 fully saturated rings. The minimum absolute atomic E-state index is 0.00767. The van der Waals surface area contributed by atoms with Crippen molar-refractivity contribution in [2.24, 2.45) is 0 Å². The lowest BCUT2D eigenvalue weighted by molar-refractivity contribution is -0.121. The number of aryl methyl sites for hydroxylation is 1. The second-order valence-corrected chi connectivity index (χ2v) is 3.95. The SMILES string of the molecule is COCCNC(=O)CCNc1cc(C)c(N)cn1. The first kappa shape index (κ1) is 14.2. The van der Waals surface area contributed by atoms with Crippen LogP contribution in [0.2, 0.25) is 0 Å². The molecule has 6 nitrogen and oxygen atoms in total. The monoisotopic (exact) mass is 252 g/mol. The van der Waals surface area contributed by atoms with Gasteiger partial charge < -0.3 is 21.1 Å². The number of nitrogens with one attached hydrogen (secondary N) is 2. The maximum absolute atomic E-state index is 11.4. The summed E-state index contributed by atoms with van der Waals surface area (Å²) in [5.41, 5.74) is 7.30. The largest absolute Gasteiger partial charge is 0.397 e. The third-order valence-electron chi connectivity index (χ3n) is 2.44. The number of anilines is 2. The molecular weight excluding hydrogens is 232 g/mol. The van der Waals surface area contributed by atoms with E-state index in [0.717, 1.165) is 11.4 Å². The number of amides is 1. The second kappa shape index (κ2) is 7.50. The number of methoxy groups -OCH3 is 1. The van der Waals surface area contributed by atoms with Crippen molar-refractivity contribution in [3.8, 4) is 0 Å². The molecule has 4 N–H and O–H groups in total. The summed E-state index contributed by atoms with van der Waals surface area (Å²) in [6.07, 6.45) is 2.01. The van der Waals surface area contributed by atoms with Crippen LogP contribution in [0.25, 0.3) is 0 Å². The lowest BCUT2D eigenvalue weighted by atomic mass is 10.2. The van der Waals surface area contributed by atoms with Crippen molar-refractivity contribution in [2.45, 2.75) is 13.3 Å². The molecule has 0 aliphatic rings. The van der Waals surface area contributed by atoms with Crippen molar-refractivity contribution in [2.75, 3.05) is 37.9 Å². The number of aromatic nitrogens is 1. The van der Waals surface area contributed by atoms with E-state index in [1.807, 2.05) is 13.0 Å². The van der Waals surface area contributed by atoms with Gasteiger partial charge in [-0.2, -0.15) is 0 Å². The molecule has 1 aromatic rings. The molecule has 100 valence electrons. The Morgan fingerprint density at radius 3 is 2.94 bits per heavy atom. The van der Waals surface area contributed by atoms with Gasteiger partial charge in [-0.05, 0) is 18.6 Å². The highest BCUT2D eigenvalue weighted by atomic mass is 16.5. The van der Waals surface area contributed by atoms with Gasteiger partial charge in [-0.15, -0.1) is 0 Å². The highest BCUT2D eigenvalue weighted by Gasteiger charge is 2.01. The zero-order chi connectivity index (χ0) is 13.4. The fourth-order valence-electron chi connectivity index (χ4n) is 1.35. The van der Waals surface area contributed by atoms with Gasteiger partial charge >= 0.3 is 0 Å². The van der Waals surface area contributed by atoms with Gasteiger partial charge in [0.2, 0.25) is 5.91 Å². The Morgan fingerprint density at radius 1 is 1.50 bits per heavy atom. The molecule has 0 saturated carbocycles. The summed E-state index contributed by atoms with van der Waals surface area (Å²) in [4.78, 5) is 15.5. The van der Waals surface area contributed by atoms with Gasteiger partial charge in [0.15, 0.2) is 0 Å². The molecule has 0 aliphatic carbocycles. The van der Waals surface area contributed by atoms with Crippen LogP contribution >= 0.6 is 0 Å². The molecule has 6 heteroatoms. The van der Waals surface area contributed by atoms with E-state index >= 15 is 0 Å². The highest BCUT2D eigenvalue weighted by molar-refractivity contribution is 5.76. The Balaban J connectivity index is 2.24. The Kier molecular flexibility index (Phi) is 5.93. The Hall–Kier alpha value is -1.82. The molecular formula is C12H20N4O2. The zero-order valence-corrected chi connectivity index (χ0v) is 10.8. The first-order valence-electron chi connectivity index (χ1n) is 5.85. The molecule has 1 amide bonds. The summed E-state index contributed by atoms with van der Waals surface area (Å²) in [6.45, 7) is 3.52. The number of hydrogen-bond acceptors (Lipinski definition) is 5. The number of nitrogens with zero attached hydrogens (tertiary/aromatic N) is 1. The summed E-state index contributed by atoms with van der Waals surface area (Å²) in [7, 11) is 1.60. The smallest absolute Gasteiger partial charge is 0.221 e. The number of nitrogen functional groups attached to an aromatic ring is 1. The molecule has 0 atom stereocenters. The molecule has 0 radical (unpaired) electrons. The molecule has 0 aromatic carbocycles. The molecule has 0 aliphatic heterocycles. The molecule has 18 heavy (non-hydrogen) atoms. The number of pyridine rings is 1. The third-order valence-corrected chi connectivity index (χ3v) is 2.44. The maximum Gasteiger partial charge on any atom is 0.221 e. The number of carbonyl (C=O) groups excluding carboxylic acids is 1. The lowest BCUT2D eigenvalue weighted by Gasteiger charge is -2.08. The molecule has 1 aromatic heterocycles. The Labute approximate surface area is 107 Å². The molecule has 0 unspecified atom stereocenters. The van der Waals surface area contributed by atoms with Gasteiger partial charge in [0.05, 0.1) is 18.5 Å². The van der Waals surface area contributed by atoms with Crippen LogP contribution < -0.4 is 16.4 Å². The molecule has 1 heterocycles. The molecule has 0 bridgehead atoms. The molecule has 1 rings (SSSR count). The van der Waals surface area contributed by atoms with Crippen molar-refractivity contribution in [3.63, 3.8) is 0 Å². The summed E-state index contributed by atoms with van der Waals surface area (Å²) >= 11 is 0. The van der Waals surface area contributed by atoms with Crippen LogP contribution in [-0.2, 0) is 9.53 Å². The van der Waals surface area contributed by atoms with Gasteiger partial charge in [-0.25, -0.2) is 4.98 Å². The highest BCUT2D eigenvalue weighted by Crippen LogP contribution is 2.12. The van der Waals surface area contributed by atoms with E-state index in [-0.39, 0.29) is 5.91 Å². The number of hydrogen-bond donors (Lipinski definition) is 3. The van der Waals surface area contributed by atoms with Crippen LogP contribution in [0.1, 0.15) is 12.0 Å². The number of nitrogens with two attached hydrogens (primary N) is 1. The van der Waals surface area contributed by atoms with Crippen LogP contribution in [0, 0.1) is 6.92 Å². The van der Waals surface area contributed by atoms with Crippen molar-refractivity contribution in [3.05, 3.63) is 17.8 Å². The van der Waals surface area contributed by atoms with E-state index in [1.54, 1.807) is 13.3 Å². The van der Waals surface area contributed by atoms with Crippen LogP contribution in [0.3, 0.4) is 0 Å². The lowest BCUT2D eigenvalue weighted by Crippen LogP contribution is -2.28. The van der Waals surface area contributed by atoms with E-state index in [9.17, 15) is 4.79 Å². The predicted molar refractivity (Wildman–Crippen MR) is 71.4 cm³/mol. The minimum atomic E-state index is -0.00767. The van der Waals surface area contributed by atoms with Crippen molar-refractivity contribution < 1.29 is 9.53 Å². The van der Waals surface area contributed by atoms with Crippen LogP contribution in [0.15, 0.2) is 12.3 Å². The van der Waals surface area contributed by atoms with Crippen molar-refractivity contribution in [1.29, 1.82) is 0 Å². The van der Waals surface area contributed by atoms with Gasteiger partial charge in [-0.3, -0.25) is 4.79 Å². The van der Waals surface area contributed by atoms with Gasteiger partial charge in [-0.1, -0.05) is 0 Å². The van der Waals surface area contributed by atoms with Crippen LogP contribution in [0.5, 0.6) is 0 Å². The summed E-state index contributed by atoms with van der Waals surface area (Å²) < 4.78 is 4.84. The first-order chi connectivity index (χ1) is 8.63. The summed E-state index contributed by atoms with van der Waals surface area (Å²) in [6, 6.07) is 1.86. The number of ether oxygens (including phenoxy) is 1. The normalized spacial score (nSPS) is 10.1. The van der Waals surface area contributed by atoms with Gasteiger partial charge in [0.25, 0.3) is 0 Å². The van der Waals surface area contributed by atoms with Gasteiger partial charge in [0, 0.05) is 26.6 Å². The van der Waals surface area contributed by atoms with Crippen molar-refractivity contribution in [1.82, 2.24) is 10.3 Å². The van der Waals surface area contributed by atoms with E-state index in [0.29, 0.717) is 31.8 Å². The predicted octanol–water partition coefficient (Wildman–Crippen LogP) is 0.537. The topological polar surface area (TPSA) is 89.3 Å². The van der Waals surface area contributed by atoms with E-state index in [4.69, 9.17) is 10.5 Å². The van der Waals surface area contributed by atoms with E-state index < -0.39 is 0 Å². The molecule has 0 spiro atoms. The average molecular weight is 252 g/mol.